The molecule has 0 saturated heterocycles. The van der Waals surface area contributed by atoms with E-state index in [0.717, 1.165) is 15.9 Å². The van der Waals surface area contributed by atoms with Gasteiger partial charge in [-0.25, -0.2) is 4.74 Å². The summed E-state index contributed by atoms with van der Waals surface area (Å²) in [5.74, 6) is 0. The van der Waals surface area contributed by atoms with Gasteiger partial charge < -0.3 is 5.21 Å². The molecule has 2 rings (SSSR count). The van der Waals surface area contributed by atoms with Crippen molar-refractivity contribution >= 4 is 6.21 Å². The van der Waals surface area contributed by atoms with Gasteiger partial charge in [0.1, 0.15) is 0 Å². The zero-order valence-electron chi connectivity index (χ0n) is 7.24. The Bertz CT molecular complexity index is 353. The zero-order valence-corrected chi connectivity index (χ0v) is 7.24. The maximum atomic E-state index is 11.4. The Labute approximate surface area is 71.7 Å². The number of hydrogen-bond acceptors (Lipinski definition) is 1. The lowest BCUT2D eigenvalue weighted by atomic mass is 9.94. The van der Waals surface area contributed by atoms with Gasteiger partial charge in [-0.05, 0) is 6.07 Å². The summed E-state index contributed by atoms with van der Waals surface area (Å²) in [6.45, 7) is 3.87. The second-order valence-electron chi connectivity index (χ2n) is 3.60. The van der Waals surface area contributed by atoms with Crippen molar-refractivity contribution in [1.29, 1.82) is 0 Å². The van der Waals surface area contributed by atoms with Crippen LogP contribution in [-0.4, -0.2) is 11.0 Å². The van der Waals surface area contributed by atoms with Crippen LogP contribution in [0.4, 0.5) is 0 Å². The minimum absolute atomic E-state index is 0.392. The predicted molar refractivity (Wildman–Crippen MR) is 48.3 cm³/mol. The van der Waals surface area contributed by atoms with Gasteiger partial charge in [0.2, 0.25) is 0 Å². The van der Waals surface area contributed by atoms with Crippen LogP contribution in [0.2, 0.25) is 0 Å². The van der Waals surface area contributed by atoms with Gasteiger partial charge >= 0.3 is 0 Å². The summed E-state index contributed by atoms with van der Waals surface area (Å²) in [7, 11) is 0. The van der Waals surface area contributed by atoms with Crippen LogP contribution in [0.15, 0.2) is 24.3 Å². The third kappa shape index (κ3) is 0.779. The standard InChI is InChI=1S/C10H11NO/c1-10(2)9-6-4-3-5-8(9)7-11(10)12/h3-7H,1-2H3. The normalized spacial score (nSPS) is 18.7. The first kappa shape index (κ1) is 7.35. The highest BCUT2D eigenvalue weighted by molar-refractivity contribution is 5.81. The van der Waals surface area contributed by atoms with E-state index < -0.39 is 5.54 Å². The Morgan fingerprint density at radius 3 is 2.58 bits per heavy atom. The molecular formula is C10H11NO. The van der Waals surface area contributed by atoms with Crippen LogP contribution in [-0.2, 0) is 5.54 Å². The summed E-state index contributed by atoms with van der Waals surface area (Å²) in [6.07, 6.45) is 1.65. The molecule has 2 heteroatoms. The molecule has 0 radical (unpaired) electrons. The molecule has 1 heterocycles. The third-order valence-electron chi connectivity index (χ3n) is 2.43. The molecule has 1 aromatic carbocycles. The van der Waals surface area contributed by atoms with Gasteiger partial charge in [-0.1, -0.05) is 18.2 Å². The number of benzene rings is 1. The fraction of sp³-hybridized carbons (Fsp3) is 0.300. The van der Waals surface area contributed by atoms with Crippen molar-refractivity contribution in [2.75, 3.05) is 0 Å². The first-order valence-corrected chi connectivity index (χ1v) is 4.03. The topological polar surface area (TPSA) is 26.1 Å². The Morgan fingerprint density at radius 2 is 1.92 bits per heavy atom. The van der Waals surface area contributed by atoms with E-state index in [4.69, 9.17) is 0 Å². The van der Waals surface area contributed by atoms with Crippen molar-refractivity contribution < 1.29 is 4.74 Å². The molecule has 0 amide bonds. The second kappa shape index (κ2) is 2.09. The van der Waals surface area contributed by atoms with E-state index in [9.17, 15) is 5.21 Å². The second-order valence-corrected chi connectivity index (χ2v) is 3.60. The van der Waals surface area contributed by atoms with E-state index in [1.54, 1.807) is 6.21 Å². The number of hydrogen-bond donors (Lipinski definition) is 0. The minimum Gasteiger partial charge on any atom is -0.623 e. The van der Waals surface area contributed by atoms with E-state index in [0.29, 0.717) is 0 Å². The lowest BCUT2D eigenvalue weighted by Crippen LogP contribution is -2.25. The average molecular weight is 161 g/mol. The summed E-state index contributed by atoms with van der Waals surface area (Å²) < 4.78 is 1.01. The lowest BCUT2D eigenvalue weighted by Gasteiger charge is -2.18. The molecular weight excluding hydrogens is 150 g/mol. The third-order valence-corrected chi connectivity index (χ3v) is 2.43. The van der Waals surface area contributed by atoms with Crippen LogP contribution in [0, 0.1) is 5.21 Å². The minimum atomic E-state index is -0.392. The summed E-state index contributed by atoms with van der Waals surface area (Å²) in [5.41, 5.74) is 1.76. The molecule has 0 aliphatic carbocycles. The Morgan fingerprint density at radius 1 is 1.25 bits per heavy atom. The van der Waals surface area contributed by atoms with E-state index in [-0.39, 0.29) is 0 Å². The molecule has 2 nitrogen and oxygen atoms in total. The summed E-state index contributed by atoms with van der Waals surface area (Å²) >= 11 is 0. The van der Waals surface area contributed by atoms with Crippen molar-refractivity contribution in [1.82, 2.24) is 0 Å². The van der Waals surface area contributed by atoms with Crippen LogP contribution in [0.5, 0.6) is 0 Å². The lowest BCUT2D eigenvalue weighted by molar-refractivity contribution is -0.540. The zero-order chi connectivity index (χ0) is 8.77. The molecule has 0 saturated carbocycles. The smallest absolute Gasteiger partial charge is 0.193 e. The first-order chi connectivity index (χ1) is 5.62. The number of hydroxylamine groups is 1. The quantitative estimate of drug-likeness (QED) is 0.421. The molecule has 1 aliphatic heterocycles. The molecule has 0 atom stereocenters. The average Bonchev–Trinajstić information content (AvgIpc) is 2.25. The fourth-order valence-corrected chi connectivity index (χ4v) is 1.57. The van der Waals surface area contributed by atoms with Gasteiger partial charge in [0, 0.05) is 25.0 Å². The molecule has 62 valence electrons. The van der Waals surface area contributed by atoms with E-state index in [1.807, 2.05) is 38.1 Å². The Hall–Kier alpha value is -1.31. The SMILES string of the molecule is CC1(C)c2ccccc2C=[N+]1[O-]. The van der Waals surface area contributed by atoms with Crippen LogP contribution >= 0.6 is 0 Å². The maximum absolute atomic E-state index is 11.4. The molecule has 1 aromatic rings. The maximum Gasteiger partial charge on any atom is 0.193 e. The summed E-state index contributed by atoms with van der Waals surface area (Å²) in [4.78, 5) is 0. The Balaban J connectivity index is 2.66. The van der Waals surface area contributed by atoms with Gasteiger partial charge in [-0.2, -0.15) is 0 Å². The van der Waals surface area contributed by atoms with Crippen LogP contribution < -0.4 is 0 Å². The van der Waals surface area contributed by atoms with Gasteiger partial charge in [-0.15, -0.1) is 0 Å². The molecule has 0 spiro atoms. The van der Waals surface area contributed by atoms with Gasteiger partial charge in [0.25, 0.3) is 0 Å². The van der Waals surface area contributed by atoms with Crippen molar-refractivity contribution in [2.24, 2.45) is 0 Å². The predicted octanol–water partition coefficient (Wildman–Crippen LogP) is 1.86. The highest BCUT2D eigenvalue weighted by Crippen LogP contribution is 2.30. The molecule has 1 aliphatic rings. The van der Waals surface area contributed by atoms with Crippen LogP contribution in [0.25, 0.3) is 0 Å². The number of fused-ring (bicyclic) bond motifs is 1. The first-order valence-electron chi connectivity index (χ1n) is 4.03. The van der Waals surface area contributed by atoms with Crippen LogP contribution in [0.1, 0.15) is 25.0 Å². The monoisotopic (exact) mass is 161 g/mol. The van der Waals surface area contributed by atoms with E-state index in [2.05, 4.69) is 0 Å². The highest BCUT2D eigenvalue weighted by atomic mass is 16.5. The molecule has 0 bridgehead atoms. The van der Waals surface area contributed by atoms with Crippen molar-refractivity contribution in [2.45, 2.75) is 19.4 Å². The van der Waals surface area contributed by atoms with Gasteiger partial charge in [0.15, 0.2) is 11.8 Å². The molecule has 0 unspecified atom stereocenters. The molecule has 0 N–H and O–H groups in total. The van der Waals surface area contributed by atoms with Gasteiger partial charge in [0.05, 0.1) is 0 Å². The van der Waals surface area contributed by atoms with E-state index >= 15 is 0 Å². The molecule has 0 fully saturated rings. The van der Waals surface area contributed by atoms with Crippen molar-refractivity contribution in [3.63, 3.8) is 0 Å². The van der Waals surface area contributed by atoms with Crippen LogP contribution in [0.3, 0.4) is 0 Å². The molecule has 12 heavy (non-hydrogen) atoms. The fourth-order valence-electron chi connectivity index (χ4n) is 1.57. The summed E-state index contributed by atoms with van der Waals surface area (Å²) in [6, 6.07) is 7.89. The van der Waals surface area contributed by atoms with Crippen molar-refractivity contribution in [3.8, 4) is 0 Å². The van der Waals surface area contributed by atoms with Crippen molar-refractivity contribution in [3.05, 3.63) is 40.6 Å². The van der Waals surface area contributed by atoms with Gasteiger partial charge in [-0.3, -0.25) is 0 Å². The summed E-state index contributed by atoms with van der Waals surface area (Å²) in [5, 5.41) is 11.4. The Kier molecular flexibility index (Phi) is 1.28. The van der Waals surface area contributed by atoms with E-state index in [1.165, 1.54) is 0 Å². The number of rotatable bonds is 0. The number of nitrogens with zero attached hydrogens (tertiary/aromatic N) is 1. The largest absolute Gasteiger partial charge is 0.623 e. The highest BCUT2D eigenvalue weighted by Gasteiger charge is 2.36. The molecule has 0 aromatic heterocycles.